The average molecular weight is 242 g/mol. The second kappa shape index (κ2) is 3.46. The van der Waals surface area contributed by atoms with E-state index in [1.165, 1.54) is 6.07 Å². The smallest absolute Gasteiger partial charge is 0.272 e. The highest BCUT2D eigenvalue weighted by Crippen LogP contribution is 2.50. The Labute approximate surface area is 96.6 Å². The number of nitro groups is 1. The van der Waals surface area contributed by atoms with E-state index in [2.05, 4.69) is 0 Å². The van der Waals surface area contributed by atoms with E-state index in [1.807, 2.05) is 0 Å². The molecule has 2 rings (SSSR count). The quantitative estimate of drug-likeness (QED) is 0.639. The average Bonchev–Trinajstić information content (AvgIpc) is 2.14. The van der Waals surface area contributed by atoms with Crippen molar-refractivity contribution in [3.05, 3.63) is 39.4 Å². The summed E-state index contributed by atoms with van der Waals surface area (Å²) in [6, 6.07) is 4.42. The predicted molar refractivity (Wildman–Crippen MR) is 57.9 cm³/mol. The molecule has 4 nitrogen and oxygen atoms in total. The molecule has 0 unspecified atom stereocenters. The van der Waals surface area contributed by atoms with Gasteiger partial charge in [-0.25, -0.2) is 8.78 Å². The lowest BCUT2D eigenvalue weighted by atomic mass is 9.69. The zero-order chi connectivity index (χ0) is 12.8. The normalized spacial score (nSPS) is 20.7. The molecule has 1 fully saturated rings. The molecule has 6 heteroatoms. The molecule has 0 spiro atoms. The Morgan fingerprint density at radius 2 is 2.00 bits per heavy atom. The van der Waals surface area contributed by atoms with E-state index < -0.39 is 29.2 Å². The van der Waals surface area contributed by atoms with Gasteiger partial charge in [0.2, 0.25) is 0 Å². The molecule has 0 atom stereocenters. The number of alkyl halides is 2. The Bertz CT molecular complexity index is 480. The van der Waals surface area contributed by atoms with Gasteiger partial charge in [0, 0.05) is 24.5 Å². The summed E-state index contributed by atoms with van der Waals surface area (Å²) in [5, 5.41) is 10.8. The molecule has 1 aromatic rings. The number of hydrogen-bond donors (Lipinski definition) is 1. The van der Waals surface area contributed by atoms with Crippen LogP contribution in [0, 0.1) is 17.0 Å². The summed E-state index contributed by atoms with van der Waals surface area (Å²) in [5.41, 5.74) is 5.50. The minimum Gasteiger partial charge on any atom is -0.321 e. The summed E-state index contributed by atoms with van der Waals surface area (Å²) in [6.07, 6.45) is -0.916. The number of nitrogens with two attached hydrogens (primary N) is 1. The molecule has 17 heavy (non-hydrogen) atoms. The van der Waals surface area contributed by atoms with E-state index in [9.17, 15) is 18.9 Å². The first-order valence-corrected chi connectivity index (χ1v) is 5.16. The van der Waals surface area contributed by atoms with Crippen molar-refractivity contribution in [2.24, 2.45) is 5.73 Å². The third-order valence-electron chi connectivity index (χ3n) is 3.13. The van der Waals surface area contributed by atoms with Crippen LogP contribution >= 0.6 is 0 Å². The number of rotatable bonds is 2. The molecular weight excluding hydrogens is 230 g/mol. The molecule has 0 amide bonds. The molecule has 1 saturated carbocycles. The zero-order valence-electron chi connectivity index (χ0n) is 9.24. The van der Waals surface area contributed by atoms with E-state index in [4.69, 9.17) is 5.73 Å². The van der Waals surface area contributed by atoms with E-state index in [0.717, 1.165) is 0 Å². The maximum absolute atomic E-state index is 12.8. The van der Waals surface area contributed by atoms with Gasteiger partial charge in [-0.15, -0.1) is 0 Å². The van der Waals surface area contributed by atoms with E-state index in [0.29, 0.717) is 11.1 Å². The van der Waals surface area contributed by atoms with Gasteiger partial charge in [0.15, 0.2) is 0 Å². The van der Waals surface area contributed by atoms with Crippen LogP contribution in [0.2, 0.25) is 0 Å². The van der Waals surface area contributed by atoms with Crippen molar-refractivity contribution < 1.29 is 13.7 Å². The Hall–Kier alpha value is -1.56. The monoisotopic (exact) mass is 242 g/mol. The standard InChI is InChI=1S/C11H12F2N2O2/c1-7-2-3-8(4-9(7)15(16)17)10(14)5-11(12,13)6-10/h2-4H,5-6,14H2,1H3. The molecule has 0 aliphatic heterocycles. The summed E-state index contributed by atoms with van der Waals surface area (Å²) >= 11 is 0. The predicted octanol–water partition coefficient (Wildman–Crippen LogP) is 2.49. The van der Waals surface area contributed by atoms with Crippen molar-refractivity contribution in [3.63, 3.8) is 0 Å². The maximum Gasteiger partial charge on any atom is 0.272 e. The molecule has 1 aromatic carbocycles. The first kappa shape index (κ1) is 11.9. The van der Waals surface area contributed by atoms with Gasteiger partial charge in [0.1, 0.15) is 0 Å². The number of nitrogens with zero attached hydrogens (tertiary/aromatic N) is 1. The molecule has 1 aliphatic carbocycles. The Morgan fingerprint density at radius 3 is 2.47 bits per heavy atom. The van der Waals surface area contributed by atoms with E-state index in [-0.39, 0.29) is 5.69 Å². The lowest BCUT2D eigenvalue weighted by Gasteiger charge is -2.44. The molecular formula is C11H12F2N2O2. The van der Waals surface area contributed by atoms with Crippen molar-refractivity contribution in [1.29, 1.82) is 0 Å². The zero-order valence-corrected chi connectivity index (χ0v) is 9.24. The van der Waals surface area contributed by atoms with Crippen LogP contribution in [0.4, 0.5) is 14.5 Å². The minimum absolute atomic E-state index is 0.0810. The summed E-state index contributed by atoms with van der Waals surface area (Å²) in [4.78, 5) is 10.2. The Balaban J connectivity index is 2.35. The summed E-state index contributed by atoms with van der Waals surface area (Å²) in [6.45, 7) is 1.60. The van der Waals surface area contributed by atoms with Crippen LogP contribution in [0.15, 0.2) is 18.2 Å². The van der Waals surface area contributed by atoms with Crippen LogP contribution < -0.4 is 5.73 Å². The van der Waals surface area contributed by atoms with Gasteiger partial charge in [0.05, 0.1) is 10.5 Å². The molecule has 92 valence electrons. The van der Waals surface area contributed by atoms with Crippen LogP contribution in [-0.2, 0) is 5.54 Å². The highest BCUT2D eigenvalue weighted by atomic mass is 19.3. The van der Waals surface area contributed by atoms with Gasteiger partial charge in [-0.1, -0.05) is 12.1 Å². The van der Waals surface area contributed by atoms with Crippen molar-refractivity contribution in [1.82, 2.24) is 0 Å². The fourth-order valence-corrected chi connectivity index (χ4v) is 2.19. The van der Waals surface area contributed by atoms with Crippen LogP contribution in [0.25, 0.3) is 0 Å². The number of halogens is 2. The van der Waals surface area contributed by atoms with Crippen LogP contribution in [0.5, 0.6) is 0 Å². The number of nitro benzene ring substituents is 1. The van der Waals surface area contributed by atoms with Gasteiger partial charge in [-0.05, 0) is 12.5 Å². The highest BCUT2D eigenvalue weighted by Gasteiger charge is 2.55. The molecule has 0 aromatic heterocycles. The number of benzene rings is 1. The Kier molecular flexibility index (Phi) is 2.43. The fraction of sp³-hybridized carbons (Fsp3) is 0.455. The Morgan fingerprint density at radius 1 is 1.41 bits per heavy atom. The van der Waals surface area contributed by atoms with Gasteiger partial charge in [-0.2, -0.15) is 0 Å². The van der Waals surface area contributed by atoms with Gasteiger partial charge in [-0.3, -0.25) is 10.1 Å². The molecule has 0 bridgehead atoms. The molecule has 1 aliphatic rings. The SMILES string of the molecule is Cc1ccc(C2(N)CC(F)(F)C2)cc1[N+](=O)[O-]. The van der Waals surface area contributed by atoms with Crippen molar-refractivity contribution in [2.75, 3.05) is 0 Å². The van der Waals surface area contributed by atoms with Crippen molar-refractivity contribution >= 4 is 5.69 Å². The lowest BCUT2D eigenvalue weighted by molar-refractivity contribution is -0.385. The summed E-state index contributed by atoms with van der Waals surface area (Å²) < 4.78 is 25.7. The van der Waals surface area contributed by atoms with E-state index >= 15 is 0 Å². The fourth-order valence-electron chi connectivity index (χ4n) is 2.19. The second-order valence-electron chi connectivity index (χ2n) is 4.62. The summed E-state index contributed by atoms with van der Waals surface area (Å²) in [7, 11) is 0. The third kappa shape index (κ3) is 2.00. The van der Waals surface area contributed by atoms with Crippen molar-refractivity contribution in [2.45, 2.75) is 31.2 Å². The summed E-state index contributed by atoms with van der Waals surface area (Å²) in [5.74, 6) is -2.76. The van der Waals surface area contributed by atoms with Gasteiger partial charge < -0.3 is 5.73 Å². The van der Waals surface area contributed by atoms with E-state index in [1.54, 1.807) is 19.1 Å². The highest BCUT2D eigenvalue weighted by molar-refractivity contribution is 5.45. The topological polar surface area (TPSA) is 69.2 Å². The largest absolute Gasteiger partial charge is 0.321 e. The second-order valence-corrected chi connectivity index (χ2v) is 4.62. The first-order valence-electron chi connectivity index (χ1n) is 5.16. The van der Waals surface area contributed by atoms with Crippen LogP contribution in [-0.4, -0.2) is 10.8 Å². The number of aryl methyl sites for hydroxylation is 1. The van der Waals surface area contributed by atoms with Gasteiger partial charge >= 0.3 is 0 Å². The van der Waals surface area contributed by atoms with Gasteiger partial charge in [0.25, 0.3) is 11.6 Å². The molecule has 2 N–H and O–H groups in total. The van der Waals surface area contributed by atoms with Crippen LogP contribution in [0.3, 0.4) is 0 Å². The third-order valence-corrected chi connectivity index (χ3v) is 3.13. The maximum atomic E-state index is 12.8. The molecule has 0 saturated heterocycles. The minimum atomic E-state index is -2.76. The lowest BCUT2D eigenvalue weighted by Crippen LogP contribution is -2.55. The van der Waals surface area contributed by atoms with Crippen molar-refractivity contribution in [3.8, 4) is 0 Å². The number of hydrogen-bond acceptors (Lipinski definition) is 3. The molecule has 0 heterocycles. The molecule has 0 radical (unpaired) electrons. The van der Waals surface area contributed by atoms with Crippen LogP contribution in [0.1, 0.15) is 24.0 Å². The first-order chi connectivity index (χ1) is 7.73.